The van der Waals surface area contributed by atoms with Crippen molar-refractivity contribution in [3.63, 3.8) is 0 Å². The molecule has 0 aromatic heterocycles. The van der Waals surface area contributed by atoms with Gasteiger partial charge in [0.2, 0.25) is 0 Å². The number of rotatable bonds is 9. The number of ether oxygens (including phenoxy) is 2. The highest BCUT2D eigenvalue weighted by molar-refractivity contribution is 7.55. The third-order valence-electron chi connectivity index (χ3n) is 1.79. The molecular formula is C11H23O6P. The summed E-state index contributed by atoms with van der Waals surface area (Å²) in [7, 11) is -3.67. The van der Waals surface area contributed by atoms with Crippen LogP contribution in [0.5, 0.6) is 0 Å². The van der Waals surface area contributed by atoms with E-state index < -0.39 is 19.4 Å². The zero-order chi connectivity index (χ0) is 14.2. The summed E-state index contributed by atoms with van der Waals surface area (Å²) >= 11 is 0. The number of esters is 1. The molecule has 0 aliphatic carbocycles. The molecule has 18 heavy (non-hydrogen) atoms. The van der Waals surface area contributed by atoms with Crippen molar-refractivity contribution in [1.29, 1.82) is 0 Å². The van der Waals surface area contributed by atoms with Crippen LogP contribution in [0.3, 0.4) is 0 Å². The number of carbonyl (C=O) groups is 1. The summed E-state index contributed by atoms with van der Waals surface area (Å²) in [6, 6.07) is 0. The van der Waals surface area contributed by atoms with Crippen molar-refractivity contribution in [2.75, 3.05) is 19.8 Å². The first-order chi connectivity index (χ1) is 8.41. The van der Waals surface area contributed by atoms with Crippen molar-refractivity contribution >= 4 is 13.6 Å². The predicted molar refractivity (Wildman–Crippen MR) is 67.5 cm³/mol. The van der Waals surface area contributed by atoms with E-state index in [4.69, 9.17) is 18.5 Å². The molecule has 0 N–H and O–H groups in total. The Morgan fingerprint density at radius 3 is 1.89 bits per heavy atom. The summed E-state index contributed by atoms with van der Waals surface area (Å²) in [5, 5.41) is 0. The molecule has 0 aliphatic heterocycles. The molecule has 0 radical (unpaired) electrons. The molecule has 0 bridgehead atoms. The van der Waals surface area contributed by atoms with Crippen LogP contribution in [0.2, 0.25) is 0 Å². The first-order valence-corrected chi connectivity index (χ1v) is 7.73. The zero-order valence-corrected chi connectivity index (χ0v) is 12.6. The lowest BCUT2D eigenvalue weighted by atomic mass is 10.5. The largest absolute Gasteiger partial charge is 0.464 e. The number of hydrogen-bond donors (Lipinski definition) is 0. The Hall–Kier alpha value is -0.420. The maximum absolute atomic E-state index is 12.5. The van der Waals surface area contributed by atoms with E-state index in [0.717, 1.165) is 0 Å². The minimum atomic E-state index is -3.67. The second-order valence-corrected chi connectivity index (χ2v) is 5.73. The molecule has 0 rings (SSSR count). The molecule has 6 nitrogen and oxygen atoms in total. The van der Waals surface area contributed by atoms with Gasteiger partial charge in [-0.3, -0.25) is 4.57 Å². The molecule has 0 amide bonds. The Labute approximate surface area is 108 Å². The van der Waals surface area contributed by atoms with Crippen LogP contribution in [0.4, 0.5) is 0 Å². The molecule has 0 saturated heterocycles. The summed E-state index contributed by atoms with van der Waals surface area (Å²) in [5.41, 5.74) is 0. The van der Waals surface area contributed by atoms with Crippen molar-refractivity contribution in [1.82, 2.24) is 0 Å². The van der Waals surface area contributed by atoms with Crippen LogP contribution in [-0.2, 0) is 27.9 Å². The molecular weight excluding hydrogens is 259 g/mol. The van der Waals surface area contributed by atoms with Crippen molar-refractivity contribution in [3.05, 3.63) is 0 Å². The number of carbonyl (C=O) groups excluding carboxylic acids is 1. The molecule has 0 heterocycles. The molecule has 1 atom stereocenters. The van der Waals surface area contributed by atoms with E-state index in [0.29, 0.717) is 0 Å². The van der Waals surface area contributed by atoms with Gasteiger partial charge < -0.3 is 18.5 Å². The van der Waals surface area contributed by atoms with Gasteiger partial charge in [-0.2, -0.15) is 0 Å². The van der Waals surface area contributed by atoms with Crippen LogP contribution >= 0.6 is 7.60 Å². The SMILES string of the molecule is CCOC(=O)[C@@H](OC(C)C)P(=O)(OCC)OCC. The molecule has 0 fully saturated rings. The van der Waals surface area contributed by atoms with Gasteiger partial charge in [-0.05, 0) is 34.6 Å². The highest BCUT2D eigenvalue weighted by atomic mass is 31.2. The normalized spacial score (nSPS) is 13.7. The Balaban J connectivity index is 5.09. The summed E-state index contributed by atoms with van der Waals surface area (Å²) in [6.07, 6.45) is -0.298. The van der Waals surface area contributed by atoms with Gasteiger partial charge >= 0.3 is 13.6 Å². The fraction of sp³-hybridized carbons (Fsp3) is 0.909. The van der Waals surface area contributed by atoms with Gasteiger partial charge in [0.25, 0.3) is 5.85 Å². The fourth-order valence-electron chi connectivity index (χ4n) is 1.26. The molecule has 0 unspecified atom stereocenters. The van der Waals surface area contributed by atoms with Gasteiger partial charge in [0, 0.05) is 0 Å². The van der Waals surface area contributed by atoms with Crippen molar-refractivity contribution in [3.8, 4) is 0 Å². The lowest BCUT2D eigenvalue weighted by molar-refractivity contribution is -0.154. The maximum atomic E-state index is 12.5. The molecule has 0 aliphatic rings. The molecule has 0 aromatic rings. The molecule has 108 valence electrons. The predicted octanol–water partition coefficient (Wildman–Crippen LogP) is 2.57. The highest BCUT2D eigenvalue weighted by Crippen LogP contribution is 2.54. The standard InChI is InChI=1S/C11H23O6P/c1-6-14-10(12)11(17-9(4)5)18(13,15-7-2)16-8-3/h9,11H,6-8H2,1-5H3/t11-/m0/s1. The van der Waals surface area contributed by atoms with Gasteiger partial charge in [-0.25, -0.2) is 4.79 Å². The Kier molecular flexibility index (Phi) is 8.44. The van der Waals surface area contributed by atoms with Crippen LogP contribution in [0.1, 0.15) is 34.6 Å². The fourth-order valence-corrected chi connectivity index (χ4v) is 3.05. The second kappa shape index (κ2) is 8.64. The van der Waals surface area contributed by atoms with E-state index in [1.54, 1.807) is 34.6 Å². The van der Waals surface area contributed by atoms with Crippen molar-refractivity contribution in [2.45, 2.75) is 46.6 Å². The summed E-state index contributed by atoms with van der Waals surface area (Å²) in [5.74, 6) is -2.06. The van der Waals surface area contributed by atoms with Gasteiger partial charge in [0.15, 0.2) is 0 Å². The molecule has 0 aromatic carbocycles. The topological polar surface area (TPSA) is 71.1 Å². The van der Waals surface area contributed by atoms with Gasteiger partial charge in [0.05, 0.1) is 25.9 Å². The number of hydrogen-bond acceptors (Lipinski definition) is 6. The average Bonchev–Trinajstić information content (AvgIpc) is 2.26. The van der Waals surface area contributed by atoms with Crippen LogP contribution in [0.15, 0.2) is 0 Å². The minimum Gasteiger partial charge on any atom is -0.464 e. The summed E-state index contributed by atoms with van der Waals surface area (Å²) < 4.78 is 32.9. The van der Waals surface area contributed by atoms with Crippen molar-refractivity contribution < 1.29 is 27.9 Å². The van der Waals surface area contributed by atoms with Gasteiger partial charge in [-0.1, -0.05) is 0 Å². The summed E-state index contributed by atoms with van der Waals surface area (Å²) in [6.45, 7) is 8.96. The van der Waals surface area contributed by atoms with E-state index in [-0.39, 0.29) is 25.9 Å². The highest BCUT2D eigenvalue weighted by Gasteiger charge is 2.44. The average molecular weight is 282 g/mol. The Morgan fingerprint density at radius 1 is 1.06 bits per heavy atom. The van der Waals surface area contributed by atoms with E-state index >= 15 is 0 Å². The van der Waals surface area contributed by atoms with Gasteiger partial charge in [0.1, 0.15) is 0 Å². The van der Waals surface area contributed by atoms with Crippen molar-refractivity contribution in [2.24, 2.45) is 0 Å². The second-order valence-electron chi connectivity index (χ2n) is 3.66. The molecule has 0 saturated carbocycles. The lowest BCUT2D eigenvalue weighted by Gasteiger charge is -2.26. The van der Waals surface area contributed by atoms with E-state index in [2.05, 4.69) is 0 Å². The monoisotopic (exact) mass is 282 g/mol. The van der Waals surface area contributed by atoms with Gasteiger partial charge in [-0.15, -0.1) is 0 Å². The third kappa shape index (κ3) is 5.48. The lowest BCUT2D eigenvalue weighted by Crippen LogP contribution is -2.31. The van der Waals surface area contributed by atoms with Crippen LogP contribution in [-0.4, -0.2) is 37.7 Å². The van der Waals surface area contributed by atoms with Crippen LogP contribution < -0.4 is 0 Å². The first-order valence-electron chi connectivity index (χ1n) is 6.12. The zero-order valence-electron chi connectivity index (χ0n) is 11.7. The third-order valence-corrected chi connectivity index (χ3v) is 3.94. The van der Waals surface area contributed by atoms with Crippen LogP contribution in [0, 0.1) is 0 Å². The van der Waals surface area contributed by atoms with E-state index in [1.807, 2.05) is 0 Å². The maximum Gasteiger partial charge on any atom is 0.370 e. The smallest absolute Gasteiger partial charge is 0.370 e. The van der Waals surface area contributed by atoms with E-state index in [9.17, 15) is 9.36 Å². The Bertz CT molecular complexity index is 281. The first kappa shape index (κ1) is 17.6. The molecule has 0 spiro atoms. The minimum absolute atomic E-state index is 0.161. The van der Waals surface area contributed by atoms with Crippen LogP contribution in [0.25, 0.3) is 0 Å². The quantitative estimate of drug-likeness (QED) is 0.478. The Morgan fingerprint density at radius 2 is 1.56 bits per heavy atom. The van der Waals surface area contributed by atoms with E-state index in [1.165, 1.54) is 0 Å². The summed E-state index contributed by atoms with van der Waals surface area (Å²) in [4.78, 5) is 11.8. The molecule has 7 heteroatoms.